The number of hydrogen-bond donors (Lipinski definition) is 2. The van der Waals surface area contributed by atoms with Gasteiger partial charge in [0.1, 0.15) is 6.61 Å². The Hall–Kier alpha value is -1.17. The molecule has 7 heteroatoms. The van der Waals surface area contributed by atoms with Crippen LogP contribution < -0.4 is 14.8 Å². The van der Waals surface area contributed by atoms with Gasteiger partial charge in [0.15, 0.2) is 11.5 Å². The van der Waals surface area contributed by atoms with Crippen molar-refractivity contribution in [3.63, 3.8) is 0 Å². The number of benzene rings is 2. The zero-order valence-corrected chi connectivity index (χ0v) is 17.0. The van der Waals surface area contributed by atoms with E-state index in [9.17, 15) is 5.11 Å². The van der Waals surface area contributed by atoms with Crippen molar-refractivity contribution in [1.29, 1.82) is 0 Å². The molecule has 0 saturated heterocycles. The maximum Gasteiger partial charge on any atom is 0.163 e. The molecule has 142 valence electrons. The molecule has 0 fully saturated rings. The van der Waals surface area contributed by atoms with E-state index in [0.29, 0.717) is 33.1 Å². The Morgan fingerprint density at radius 2 is 1.77 bits per heavy atom. The first kappa shape index (κ1) is 21.1. The maximum atomic E-state index is 9.28. The molecular formula is C19H22Cl3NO3. The van der Waals surface area contributed by atoms with Crippen molar-refractivity contribution < 1.29 is 14.6 Å². The Bertz CT molecular complexity index is 736. The molecule has 0 radical (unpaired) electrons. The Morgan fingerprint density at radius 3 is 2.38 bits per heavy atom. The van der Waals surface area contributed by atoms with Crippen LogP contribution in [0.15, 0.2) is 30.3 Å². The van der Waals surface area contributed by atoms with E-state index in [1.54, 1.807) is 25.3 Å². The lowest BCUT2D eigenvalue weighted by Gasteiger charge is -2.17. The van der Waals surface area contributed by atoms with Gasteiger partial charge in [-0.3, -0.25) is 0 Å². The highest BCUT2D eigenvalue weighted by atomic mass is 35.5. The zero-order chi connectivity index (χ0) is 19.1. The number of rotatable bonds is 9. The van der Waals surface area contributed by atoms with Gasteiger partial charge in [0, 0.05) is 39.3 Å². The number of methoxy groups -OCH3 is 1. The normalized spacial score (nSPS) is 12.1. The minimum atomic E-state index is 0.0278. The van der Waals surface area contributed by atoms with Crippen LogP contribution in [-0.4, -0.2) is 24.9 Å². The van der Waals surface area contributed by atoms with Crippen LogP contribution in [0.3, 0.4) is 0 Å². The molecule has 0 aromatic heterocycles. The summed E-state index contributed by atoms with van der Waals surface area (Å²) < 4.78 is 11.3. The molecule has 0 aliphatic rings. The second-order valence-electron chi connectivity index (χ2n) is 5.79. The lowest BCUT2D eigenvalue weighted by Crippen LogP contribution is -2.31. The van der Waals surface area contributed by atoms with Gasteiger partial charge in [-0.2, -0.15) is 0 Å². The largest absolute Gasteiger partial charge is 0.493 e. The summed E-state index contributed by atoms with van der Waals surface area (Å²) in [6, 6.07) is 8.83. The standard InChI is InChI=1S/C19H22Cl3NO3/c1-3-15(10-24)23-9-13-6-18(25-2)19(8-17(13)22)26-11-12-4-5-14(20)7-16(12)21/h4-8,15,23-24H,3,9-11H2,1-2H3/t15-/m1/s1. The quantitative estimate of drug-likeness (QED) is 0.595. The van der Waals surface area contributed by atoms with Gasteiger partial charge in [-0.1, -0.05) is 47.8 Å². The van der Waals surface area contributed by atoms with Crippen LogP contribution in [0.25, 0.3) is 0 Å². The molecular weight excluding hydrogens is 397 g/mol. The highest BCUT2D eigenvalue weighted by Gasteiger charge is 2.13. The van der Waals surface area contributed by atoms with Gasteiger partial charge in [0.05, 0.1) is 13.7 Å². The molecule has 2 aromatic rings. The van der Waals surface area contributed by atoms with E-state index in [-0.39, 0.29) is 19.3 Å². The second-order valence-corrected chi connectivity index (χ2v) is 7.04. The highest BCUT2D eigenvalue weighted by molar-refractivity contribution is 6.35. The first-order chi connectivity index (χ1) is 12.5. The molecule has 0 aliphatic carbocycles. The van der Waals surface area contributed by atoms with Crippen molar-refractivity contribution in [2.24, 2.45) is 0 Å². The Balaban J connectivity index is 2.12. The van der Waals surface area contributed by atoms with E-state index in [2.05, 4.69) is 5.32 Å². The third-order valence-corrected chi connectivity index (χ3v) is 4.96. The summed E-state index contributed by atoms with van der Waals surface area (Å²) >= 11 is 18.5. The van der Waals surface area contributed by atoms with Gasteiger partial charge in [0.25, 0.3) is 0 Å². The van der Waals surface area contributed by atoms with Crippen molar-refractivity contribution in [3.8, 4) is 11.5 Å². The van der Waals surface area contributed by atoms with Gasteiger partial charge < -0.3 is 19.9 Å². The summed E-state index contributed by atoms with van der Waals surface area (Å²) in [5.41, 5.74) is 1.68. The molecule has 0 aliphatic heterocycles. The van der Waals surface area contributed by atoms with E-state index < -0.39 is 0 Å². The summed E-state index contributed by atoms with van der Waals surface area (Å²) in [5.74, 6) is 1.11. The van der Waals surface area contributed by atoms with Crippen LogP contribution in [0, 0.1) is 0 Å². The van der Waals surface area contributed by atoms with Crippen LogP contribution in [0.5, 0.6) is 11.5 Å². The monoisotopic (exact) mass is 417 g/mol. The summed E-state index contributed by atoms with van der Waals surface area (Å²) in [5, 5.41) is 14.2. The van der Waals surface area contributed by atoms with Crippen LogP contribution in [0.4, 0.5) is 0 Å². The maximum absolute atomic E-state index is 9.28. The first-order valence-corrected chi connectivity index (χ1v) is 9.39. The molecule has 2 rings (SSSR count). The first-order valence-electron chi connectivity index (χ1n) is 8.25. The van der Waals surface area contributed by atoms with Gasteiger partial charge in [-0.05, 0) is 30.2 Å². The van der Waals surface area contributed by atoms with Gasteiger partial charge in [-0.25, -0.2) is 0 Å². The van der Waals surface area contributed by atoms with E-state index in [0.717, 1.165) is 17.5 Å². The SMILES string of the molecule is CC[C@H](CO)NCc1cc(OC)c(OCc2ccc(Cl)cc2Cl)cc1Cl. The van der Waals surface area contributed by atoms with Crippen molar-refractivity contribution in [1.82, 2.24) is 5.32 Å². The predicted octanol–water partition coefficient (Wildman–Crippen LogP) is 5.09. The van der Waals surface area contributed by atoms with Crippen molar-refractivity contribution >= 4 is 34.8 Å². The number of aliphatic hydroxyl groups excluding tert-OH is 1. The summed E-state index contributed by atoms with van der Waals surface area (Å²) in [6.45, 7) is 2.88. The number of halogens is 3. The van der Waals surface area contributed by atoms with Gasteiger partial charge in [0.2, 0.25) is 0 Å². The average Bonchev–Trinajstić information content (AvgIpc) is 2.63. The number of hydrogen-bond acceptors (Lipinski definition) is 4. The van der Waals surface area contributed by atoms with Gasteiger partial charge in [-0.15, -0.1) is 0 Å². The zero-order valence-electron chi connectivity index (χ0n) is 14.7. The molecule has 2 N–H and O–H groups in total. The highest BCUT2D eigenvalue weighted by Crippen LogP contribution is 2.34. The van der Waals surface area contributed by atoms with Crippen molar-refractivity contribution in [2.75, 3.05) is 13.7 Å². The Labute approximate surface area is 169 Å². The fourth-order valence-electron chi connectivity index (χ4n) is 2.37. The van der Waals surface area contributed by atoms with Crippen molar-refractivity contribution in [3.05, 3.63) is 56.5 Å². The van der Waals surface area contributed by atoms with E-state index >= 15 is 0 Å². The molecule has 0 bridgehead atoms. The molecule has 4 nitrogen and oxygen atoms in total. The molecule has 0 unspecified atom stereocenters. The molecule has 26 heavy (non-hydrogen) atoms. The third-order valence-electron chi connectivity index (χ3n) is 4.03. The molecule has 0 saturated carbocycles. The minimum Gasteiger partial charge on any atom is -0.493 e. The van der Waals surface area contributed by atoms with E-state index in [1.165, 1.54) is 0 Å². The summed E-state index contributed by atoms with van der Waals surface area (Å²) in [7, 11) is 1.57. The lowest BCUT2D eigenvalue weighted by molar-refractivity contribution is 0.238. The molecule has 0 heterocycles. The minimum absolute atomic E-state index is 0.0278. The lowest BCUT2D eigenvalue weighted by atomic mass is 10.1. The Kier molecular flexibility index (Phi) is 8.32. The van der Waals surface area contributed by atoms with Crippen LogP contribution >= 0.6 is 34.8 Å². The van der Waals surface area contributed by atoms with Crippen molar-refractivity contribution in [2.45, 2.75) is 32.5 Å². The van der Waals surface area contributed by atoms with Crippen LogP contribution in [-0.2, 0) is 13.2 Å². The summed E-state index contributed by atoms with van der Waals surface area (Å²) in [6.07, 6.45) is 0.828. The number of aliphatic hydroxyl groups is 1. The molecule has 0 amide bonds. The fourth-order valence-corrected chi connectivity index (χ4v) is 3.06. The molecule has 1 atom stereocenters. The number of ether oxygens (including phenoxy) is 2. The van der Waals surface area contributed by atoms with Gasteiger partial charge >= 0.3 is 0 Å². The predicted molar refractivity (Wildman–Crippen MR) is 107 cm³/mol. The topological polar surface area (TPSA) is 50.7 Å². The van der Waals surface area contributed by atoms with E-state index in [1.807, 2.05) is 19.1 Å². The van der Waals surface area contributed by atoms with Crippen LogP contribution in [0.2, 0.25) is 15.1 Å². The summed E-state index contributed by atoms with van der Waals surface area (Å²) in [4.78, 5) is 0. The second kappa shape index (κ2) is 10.2. The number of nitrogens with one attached hydrogen (secondary N) is 1. The van der Waals surface area contributed by atoms with Crippen LogP contribution in [0.1, 0.15) is 24.5 Å². The third kappa shape index (κ3) is 5.66. The van der Waals surface area contributed by atoms with E-state index in [4.69, 9.17) is 44.3 Å². The smallest absolute Gasteiger partial charge is 0.163 e. The molecule has 2 aromatic carbocycles. The fraction of sp³-hybridized carbons (Fsp3) is 0.368. The Morgan fingerprint density at radius 1 is 1.04 bits per heavy atom. The molecule has 0 spiro atoms. The average molecular weight is 419 g/mol.